The number of guanidine groups is 1. The molecule has 7 nitrogen and oxygen atoms in total. The average molecular weight is 471 g/mol. The van der Waals surface area contributed by atoms with Crippen molar-refractivity contribution in [3.05, 3.63) is 47.9 Å². The highest BCUT2D eigenvalue weighted by molar-refractivity contribution is 14.0. The van der Waals surface area contributed by atoms with Gasteiger partial charge in [0.2, 0.25) is 5.91 Å². The van der Waals surface area contributed by atoms with Crippen LogP contribution in [0.5, 0.6) is 0 Å². The SMILES string of the molecule is CCNC(=NCC(=O)Nc1ccccc1)NCc1cc(C(C)C)no1.I. The fraction of sp³-hybridized carbons (Fsp3) is 0.389. The molecule has 1 amide bonds. The molecule has 0 fully saturated rings. The zero-order chi connectivity index (χ0) is 18.1. The van der Waals surface area contributed by atoms with Gasteiger partial charge in [-0.05, 0) is 25.0 Å². The highest BCUT2D eigenvalue weighted by Gasteiger charge is 2.08. The first-order chi connectivity index (χ1) is 12.1. The molecule has 0 spiro atoms. The number of carbonyl (C=O) groups excluding carboxylic acids is 1. The quantitative estimate of drug-likeness (QED) is 0.328. The van der Waals surface area contributed by atoms with Crippen LogP contribution in [0.4, 0.5) is 5.69 Å². The first-order valence-electron chi connectivity index (χ1n) is 8.41. The Labute approximate surface area is 171 Å². The van der Waals surface area contributed by atoms with Crippen molar-refractivity contribution in [2.24, 2.45) is 4.99 Å². The van der Waals surface area contributed by atoms with E-state index in [4.69, 9.17) is 4.52 Å². The van der Waals surface area contributed by atoms with E-state index in [1.807, 2.05) is 43.3 Å². The maximum atomic E-state index is 12.0. The zero-order valence-electron chi connectivity index (χ0n) is 15.3. The van der Waals surface area contributed by atoms with Gasteiger partial charge < -0.3 is 20.5 Å². The van der Waals surface area contributed by atoms with Gasteiger partial charge >= 0.3 is 0 Å². The summed E-state index contributed by atoms with van der Waals surface area (Å²) in [5, 5.41) is 13.1. The number of halogens is 1. The van der Waals surface area contributed by atoms with Crippen LogP contribution in [0.1, 0.15) is 38.1 Å². The van der Waals surface area contributed by atoms with Crippen molar-refractivity contribution in [1.82, 2.24) is 15.8 Å². The van der Waals surface area contributed by atoms with Crippen LogP contribution in [0.3, 0.4) is 0 Å². The molecule has 0 atom stereocenters. The number of aromatic nitrogens is 1. The van der Waals surface area contributed by atoms with E-state index in [2.05, 4.69) is 39.9 Å². The zero-order valence-corrected chi connectivity index (χ0v) is 17.6. The van der Waals surface area contributed by atoms with Gasteiger partial charge in [-0.3, -0.25) is 4.79 Å². The maximum Gasteiger partial charge on any atom is 0.246 e. The Kier molecular flexibility index (Phi) is 9.71. The molecular weight excluding hydrogens is 445 g/mol. The van der Waals surface area contributed by atoms with Gasteiger partial charge in [-0.15, -0.1) is 24.0 Å². The summed E-state index contributed by atoms with van der Waals surface area (Å²) in [4.78, 5) is 16.3. The van der Waals surface area contributed by atoms with Gasteiger partial charge in [0, 0.05) is 18.3 Å². The second kappa shape index (κ2) is 11.5. The van der Waals surface area contributed by atoms with E-state index in [1.54, 1.807) is 0 Å². The number of benzene rings is 1. The van der Waals surface area contributed by atoms with E-state index >= 15 is 0 Å². The number of amides is 1. The van der Waals surface area contributed by atoms with Gasteiger partial charge in [0.05, 0.1) is 12.2 Å². The van der Waals surface area contributed by atoms with E-state index in [0.717, 1.165) is 17.1 Å². The van der Waals surface area contributed by atoms with Crippen molar-refractivity contribution in [2.75, 3.05) is 18.4 Å². The van der Waals surface area contributed by atoms with Gasteiger partial charge in [0.25, 0.3) is 0 Å². The second-order valence-electron chi connectivity index (χ2n) is 5.84. The first-order valence-corrected chi connectivity index (χ1v) is 8.41. The van der Waals surface area contributed by atoms with Crippen LogP contribution in [-0.4, -0.2) is 30.1 Å². The second-order valence-corrected chi connectivity index (χ2v) is 5.84. The highest BCUT2D eigenvalue weighted by atomic mass is 127. The molecule has 26 heavy (non-hydrogen) atoms. The van der Waals surface area contributed by atoms with Gasteiger partial charge in [0.1, 0.15) is 6.54 Å². The number of carbonyl (C=O) groups is 1. The van der Waals surface area contributed by atoms with Crippen LogP contribution < -0.4 is 16.0 Å². The van der Waals surface area contributed by atoms with Crippen LogP contribution in [0, 0.1) is 0 Å². The Bertz CT molecular complexity index is 701. The predicted octanol–water partition coefficient (Wildman–Crippen LogP) is 3.11. The Morgan fingerprint density at radius 1 is 1.23 bits per heavy atom. The normalized spacial score (nSPS) is 11.0. The summed E-state index contributed by atoms with van der Waals surface area (Å²) in [6, 6.07) is 11.2. The van der Waals surface area contributed by atoms with Gasteiger partial charge in [-0.1, -0.05) is 37.2 Å². The molecule has 142 valence electrons. The van der Waals surface area contributed by atoms with Crippen LogP contribution >= 0.6 is 24.0 Å². The smallest absolute Gasteiger partial charge is 0.246 e. The summed E-state index contributed by atoms with van der Waals surface area (Å²) in [7, 11) is 0. The molecule has 0 bridgehead atoms. The van der Waals surface area contributed by atoms with Gasteiger partial charge in [0.15, 0.2) is 11.7 Å². The summed E-state index contributed by atoms with van der Waals surface area (Å²) in [5.41, 5.74) is 1.67. The van der Waals surface area contributed by atoms with E-state index in [1.165, 1.54) is 0 Å². The topological polar surface area (TPSA) is 91.5 Å². The van der Waals surface area contributed by atoms with Gasteiger partial charge in [-0.2, -0.15) is 0 Å². The summed E-state index contributed by atoms with van der Waals surface area (Å²) in [6.07, 6.45) is 0. The summed E-state index contributed by atoms with van der Waals surface area (Å²) in [6.45, 7) is 7.26. The molecule has 1 heterocycles. The van der Waals surface area contributed by atoms with Crippen LogP contribution in [0.15, 0.2) is 45.9 Å². The largest absolute Gasteiger partial charge is 0.359 e. The molecule has 3 N–H and O–H groups in total. The maximum absolute atomic E-state index is 12.0. The number of para-hydroxylation sites is 1. The Morgan fingerprint density at radius 2 is 1.96 bits per heavy atom. The van der Waals surface area contributed by atoms with Crippen LogP contribution in [0.2, 0.25) is 0 Å². The number of hydrogen-bond acceptors (Lipinski definition) is 4. The Balaban J connectivity index is 0.00000338. The van der Waals surface area contributed by atoms with Crippen molar-refractivity contribution < 1.29 is 9.32 Å². The summed E-state index contributed by atoms with van der Waals surface area (Å²) in [5.74, 6) is 1.42. The fourth-order valence-corrected chi connectivity index (χ4v) is 2.07. The Morgan fingerprint density at radius 3 is 2.58 bits per heavy atom. The molecule has 0 aliphatic heterocycles. The van der Waals surface area contributed by atoms with Crippen molar-refractivity contribution in [3.63, 3.8) is 0 Å². The summed E-state index contributed by atoms with van der Waals surface area (Å²) < 4.78 is 5.28. The molecule has 0 aliphatic rings. The number of aliphatic imine (C=N–C) groups is 1. The number of rotatable bonds is 7. The molecule has 2 rings (SSSR count). The minimum Gasteiger partial charge on any atom is -0.359 e. The number of nitrogens with zero attached hydrogens (tertiary/aromatic N) is 2. The fourth-order valence-electron chi connectivity index (χ4n) is 2.07. The van der Waals surface area contributed by atoms with Crippen molar-refractivity contribution >= 4 is 41.5 Å². The third-order valence-electron chi connectivity index (χ3n) is 3.38. The Hall–Kier alpha value is -2.10. The van der Waals surface area contributed by atoms with Crippen molar-refractivity contribution in [3.8, 4) is 0 Å². The summed E-state index contributed by atoms with van der Waals surface area (Å²) >= 11 is 0. The number of anilines is 1. The monoisotopic (exact) mass is 471 g/mol. The number of nitrogens with one attached hydrogen (secondary N) is 3. The lowest BCUT2D eigenvalue weighted by atomic mass is 10.1. The van der Waals surface area contributed by atoms with E-state index < -0.39 is 0 Å². The number of hydrogen-bond donors (Lipinski definition) is 3. The molecule has 0 unspecified atom stereocenters. The van der Waals surface area contributed by atoms with Crippen LogP contribution in [-0.2, 0) is 11.3 Å². The first kappa shape index (κ1) is 21.9. The molecule has 2 aromatic rings. The minimum atomic E-state index is -0.176. The molecule has 1 aromatic carbocycles. The molecule has 1 aromatic heterocycles. The predicted molar refractivity (Wildman–Crippen MR) is 114 cm³/mol. The molecule has 0 radical (unpaired) electrons. The standard InChI is InChI=1S/C18H25N5O2.HI/c1-4-19-18(20-11-15-10-16(13(2)3)23-25-15)21-12-17(24)22-14-8-6-5-7-9-14;/h5-10,13H,4,11-12H2,1-3H3,(H,22,24)(H2,19,20,21);1H. The van der Waals surface area contributed by atoms with Crippen LogP contribution in [0.25, 0.3) is 0 Å². The third-order valence-corrected chi connectivity index (χ3v) is 3.38. The highest BCUT2D eigenvalue weighted by Crippen LogP contribution is 2.13. The van der Waals surface area contributed by atoms with E-state index in [-0.39, 0.29) is 36.4 Å². The molecule has 0 saturated carbocycles. The lowest BCUT2D eigenvalue weighted by Crippen LogP contribution is -2.37. The molecule has 0 saturated heterocycles. The minimum absolute atomic E-state index is 0. The molecule has 0 aliphatic carbocycles. The third kappa shape index (κ3) is 7.42. The molecular formula is C18H26IN5O2. The van der Waals surface area contributed by atoms with Crippen molar-refractivity contribution in [1.29, 1.82) is 0 Å². The van der Waals surface area contributed by atoms with E-state index in [9.17, 15) is 4.79 Å². The average Bonchev–Trinajstić information content (AvgIpc) is 3.07. The molecule has 8 heteroatoms. The van der Waals surface area contributed by atoms with Gasteiger partial charge in [-0.25, -0.2) is 4.99 Å². The lowest BCUT2D eigenvalue weighted by Gasteiger charge is -2.10. The lowest BCUT2D eigenvalue weighted by molar-refractivity contribution is -0.114. The van der Waals surface area contributed by atoms with E-state index in [0.29, 0.717) is 25.0 Å². The van der Waals surface area contributed by atoms with Crippen molar-refractivity contribution in [2.45, 2.75) is 33.2 Å².